The van der Waals surface area contributed by atoms with E-state index in [2.05, 4.69) is 44.8 Å². The zero-order chi connectivity index (χ0) is 12.9. The Balaban J connectivity index is 1.42. The highest BCUT2D eigenvalue weighted by molar-refractivity contribution is 5.80. The van der Waals surface area contributed by atoms with Gasteiger partial charge < -0.3 is 15.5 Å². The molecule has 0 aromatic heterocycles. The van der Waals surface area contributed by atoms with Crippen molar-refractivity contribution in [1.82, 2.24) is 10.6 Å². The van der Waals surface area contributed by atoms with Gasteiger partial charge in [-0.25, -0.2) is 0 Å². The van der Waals surface area contributed by atoms with E-state index in [1.807, 2.05) is 0 Å². The van der Waals surface area contributed by atoms with E-state index < -0.39 is 0 Å². The average molecular weight is 258 g/mol. The Morgan fingerprint density at radius 3 is 3.16 bits per heavy atom. The SMILES string of the molecule is c1ccc2c(c1)CCN2CCCNC1=NCCCN1. The van der Waals surface area contributed by atoms with Crippen molar-refractivity contribution in [3.05, 3.63) is 29.8 Å². The molecular formula is C15H22N4. The lowest BCUT2D eigenvalue weighted by atomic mass is 10.2. The molecule has 0 bridgehead atoms. The lowest BCUT2D eigenvalue weighted by Gasteiger charge is -2.20. The summed E-state index contributed by atoms with van der Waals surface area (Å²) in [6.07, 6.45) is 3.49. The van der Waals surface area contributed by atoms with Crippen LogP contribution >= 0.6 is 0 Å². The van der Waals surface area contributed by atoms with Crippen molar-refractivity contribution in [3.8, 4) is 0 Å². The summed E-state index contributed by atoms with van der Waals surface area (Å²) in [5, 5.41) is 6.67. The quantitative estimate of drug-likeness (QED) is 0.802. The number of nitrogens with zero attached hydrogens (tertiary/aromatic N) is 2. The minimum absolute atomic E-state index is 0.953. The van der Waals surface area contributed by atoms with Gasteiger partial charge in [0.05, 0.1) is 0 Å². The van der Waals surface area contributed by atoms with Crippen LogP contribution in [0.15, 0.2) is 29.3 Å². The van der Waals surface area contributed by atoms with E-state index in [1.165, 1.54) is 24.2 Å². The molecule has 0 radical (unpaired) electrons. The van der Waals surface area contributed by atoms with E-state index in [-0.39, 0.29) is 0 Å². The van der Waals surface area contributed by atoms with Crippen molar-refractivity contribution < 1.29 is 0 Å². The van der Waals surface area contributed by atoms with Crippen molar-refractivity contribution in [1.29, 1.82) is 0 Å². The molecule has 4 heteroatoms. The number of hydrogen-bond acceptors (Lipinski definition) is 4. The van der Waals surface area contributed by atoms with Crippen LogP contribution in [0.5, 0.6) is 0 Å². The third-order valence-electron chi connectivity index (χ3n) is 3.78. The molecule has 102 valence electrons. The second-order valence-corrected chi connectivity index (χ2v) is 5.16. The molecule has 2 N–H and O–H groups in total. The van der Waals surface area contributed by atoms with Crippen molar-refractivity contribution in [3.63, 3.8) is 0 Å². The van der Waals surface area contributed by atoms with E-state index in [9.17, 15) is 0 Å². The summed E-state index contributed by atoms with van der Waals surface area (Å²) >= 11 is 0. The number of hydrogen-bond donors (Lipinski definition) is 2. The number of nitrogens with one attached hydrogen (secondary N) is 2. The molecule has 1 aromatic carbocycles. The molecule has 0 saturated carbocycles. The number of anilines is 1. The standard InChI is InChI=1S/C15H22N4/c1-2-6-14-13(5-1)7-12-19(14)11-4-10-18-15-16-8-3-9-17-15/h1-2,5-6H,3-4,7-12H2,(H2,16,17,18). The Morgan fingerprint density at radius 2 is 2.26 bits per heavy atom. The molecule has 2 aliphatic rings. The largest absolute Gasteiger partial charge is 0.371 e. The highest BCUT2D eigenvalue weighted by Crippen LogP contribution is 2.27. The molecule has 0 fully saturated rings. The minimum Gasteiger partial charge on any atom is -0.371 e. The lowest BCUT2D eigenvalue weighted by Crippen LogP contribution is -2.41. The first-order valence-corrected chi connectivity index (χ1v) is 7.28. The molecular weight excluding hydrogens is 236 g/mol. The molecule has 4 nitrogen and oxygen atoms in total. The minimum atomic E-state index is 0.953. The number of benzene rings is 1. The molecule has 0 spiro atoms. The van der Waals surface area contributed by atoms with Gasteiger partial charge in [0.25, 0.3) is 0 Å². The number of aliphatic imine (C=N–C) groups is 1. The van der Waals surface area contributed by atoms with Gasteiger partial charge in [-0.1, -0.05) is 18.2 Å². The van der Waals surface area contributed by atoms with E-state index in [0.29, 0.717) is 0 Å². The third kappa shape index (κ3) is 3.00. The number of fused-ring (bicyclic) bond motifs is 1. The highest BCUT2D eigenvalue weighted by atomic mass is 15.2. The van der Waals surface area contributed by atoms with Crippen LogP contribution in [0.2, 0.25) is 0 Å². The summed E-state index contributed by atoms with van der Waals surface area (Å²) in [4.78, 5) is 6.91. The fourth-order valence-electron chi connectivity index (χ4n) is 2.77. The van der Waals surface area contributed by atoms with Crippen LogP contribution < -0.4 is 15.5 Å². The van der Waals surface area contributed by atoms with Gasteiger partial charge in [-0.2, -0.15) is 0 Å². The van der Waals surface area contributed by atoms with Gasteiger partial charge in [0.2, 0.25) is 0 Å². The number of para-hydroxylation sites is 1. The summed E-state index contributed by atoms with van der Waals surface area (Å²) < 4.78 is 0. The van der Waals surface area contributed by atoms with Crippen molar-refractivity contribution in [2.45, 2.75) is 19.3 Å². The van der Waals surface area contributed by atoms with Gasteiger partial charge >= 0.3 is 0 Å². The van der Waals surface area contributed by atoms with Crippen molar-refractivity contribution >= 4 is 11.6 Å². The van der Waals surface area contributed by atoms with Crippen molar-refractivity contribution in [2.75, 3.05) is 37.6 Å². The molecule has 2 aliphatic heterocycles. The summed E-state index contributed by atoms with van der Waals surface area (Å²) in [6, 6.07) is 8.75. The Labute approximate surface area is 114 Å². The van der Waals surface area contributed by atoms with Gasteiger partial charge in [-0.05, 0) is 30.9 Å². The molecule has 2 heterocycles. The Bertz CT molecular complexity index is 455. The van der Waals surface area contributed by atoms with Crippen LogP contribution in [0.25, 0.3) is 0 Å². The fourth-order valence-corrected chi connectivity index (χ4v) is 2.77. The van der Waals surface area contributed by atoms with Crippen LogP contribution in [-0.4, -0.2) is 38.7 Å². The molecule has 0 amide bonds. The van der Waals surface area contributed by atoms with E-state index >= 15 is 0 Å². The van der Waals surface area contributed by atoms with Crippen LogP contribution in [0, 0.1) is 0 Å². The molecule has 1 aromatic rings. The van der Waals surface area contributed by atoms with Crippen LogP contribution in [-0.2, 0) is 6.42 Å². The summed E-state index contributed by atoms with van der Waals surface area (Å²) in [7, 11) is 0. The summed E-state index contributed by atoms with van der Waals surface area (Å²) in [5.74, 6) is 0.980. The zero-order valence-corrected chi connectivity index (χ0v) is 11.4. The second kappa shape index (κ2) is 5.95. The monoisotopic (exact) mass is 258 g/mol. The predicted octanol–water partition coefficient (Wildman–Crippen LogP) is 1.38. The fraction of sp³-hybridized carbons (Fsp3) is 0.533. The maximum atomic E-state index is 4.42. The van der Waals surface area contributed by atoms with E-state index in [0.717, 1.165) is 45.0 Å². The normalized spacial score (nSPS) is 17.7. The summed E-state index contributed by atoms with van der Waals surface area (Å²) in [6.45, 7) is 5.28. The first-order valence-electron chi connectivity index (χ1n) is 7.28. The Morgan fingerprint density at radius 1 is 1.32 bits per heavy atom. The molecule has 19 heavy (non-hydrogen) atoms. The Kier molecular flexibility index (Phi) is 3.86. The molecule has 0 atom stereocenters. The first kappa shape index (κ1) is 12.3. The van der Waals surface area contributed by atoms with Crippen molar-refractivity contribution in [2.24, 2.45) is 4.99 Å². The predicted molar refractivity (Wildman–Crippen MR) is 79.9 cm³/mol. The summed E-state index contributed by atoms with van der Waals surface area (Å²) in [5.41, 5.74) is 2.92. The zero-order valence-electron chi connectivity index (χ0n) is 11.4. The lowest BCUT2D eigenvalue weighted by molar-refractivity contribution is 0.677. The Hall–Kier alpha value is -1.71. The van der Waals surface area contributed by atoms with Gasteiger partial charge in [-0.3, -0.25) is 4.99 Å². The number of guanidine groups is 1. The molecule has 0 aliphatic carbocycles. The number of rotatable bonds is 4. The van der Waals surface area contributed by atoms with Crippen LogP contribution in [0.4, 0.5) is 5.69 Å². The van der Waals surface area contributed by atoms with Crippen LogP contribution in [0.1, 0.15) is 18.4 Å². The van der Waals surface area contributed by atoms with E-state index in [4.69, 9.17) is 0 Å². The highest BCUT2D eigenvalue weighted by Gasteiger charge is 2.17. The van der Waals surface area contributed by atoms with Gasteiger partial charge in [0.1, 0.15) is 0 Å². The molecule has 3 rings (SSSR count). The van der Waals surface area contributed by atoms with Gasteiger partial charge in [-0.15, -0.1) is 0 Å². The molecule has 0 saturated heterocycles. The van der Waals surface area contributed by atoms with Crippen LogP contribution in [0.3, 0.4) is 0 Å². The smallest absolute Gasteiger partial charge is 0.191 e. The molecule has 0 unspecified atom stereocenters. The van der Waals surface area contributed by atoms with Gasteiger partial charge in [0.15, 0.2) is 5.96 Å². The first-order chi connectivity index (χ1) is 9.43. The topological polar surface area (TPSA) is 39.7 Å². The second-order valence-electron chi connectivity index (χ2n) is 5.16. The maximum absolute atomic E-state index is 4.42. The third-order valence-corrected chi connectivity index (χ3v) is 3.78. The average Bonchev–Trinajstić information content (AvgIpc) is 2.88. The maximum Gasteiger partial charge on any atom is 0.191 e. The van der Waals surface area contributed by atoms with Gasteiger partial charge in [0, 0.05) is 38.4 Å². The van der Waals surface area contributed by atoms with E-state index in [1.54, 1.807) is 0 Å².